The van der Waals surface area contributed by atoms with E-state index in [9.17, 15) is 14.9 Å². The number of fused-ring (bicyclic) bond motifs is 3. The van der Waals surface area contributed by atoms with Gasteiger partial charge in [-0.25, -0.2) is 0 Å². The fraction of sp³-hybridized carbons (Fsp3) is 0.526. The third-order valence-electron chi connectivity index (χ3n) is 6.23. The molecule has 28 heavy (non-hydrogen) atoms. The summed E-state index contributed by atoms with van der Waals surface area (Å²) in [6.45, 7) is 4.56. The molecule has 4 fully saturated rings. The van der Waals surface area contributed by atoms with Crippen LogP contribution in [-0.2, 0) is 9.59 Å². The Morgan fingerprint density at radius 2 is 1.86 bits per heavy atom. The van der Waals surface area contributed by atoms with Crippen molar-refractivity contribution >= 4 is 33.4 Å². The van der Waals surface area contributed by atoms with Crippen LogP contribution < -0.4 is 9.47 Å². The highest BCUT2D eigenvalue weighted by Crippen LogP contribution is 2.69. The first kappa shape index (κ1) is 18.0. The van der Waals surface area contributed by atoms with Crippen LogP contribution in [0.4, 0.5) is 0 Å². The van der Waals surface area contributed by atoms with Crippen molar-refractivity contribution in [2.24, 2.45) is 5.41 Å². The number of rotatable bonds is 1. The van der Waals surface area contributed by atoms with E-state index in [-0.39, 0.29) is 18.2 Å². The van der Waals surface area contributed by atoms with Crippen LogP contribution in [0.1, 0.15) is 31.9 Å². The van der Waals surface area contributed by atoms with E-state index in [2.05, 4.69) is 6.07 Å². The van der Waals surface area contributed by atoms with Gasteiger partial charge in [-0.3, -0.25) is 9.59 Å². The van der Waals surface area contributed by atoms with Gasteiger partial charge < -0.3 is 19.3 Å². The maximum Gasteiger partial charge on any atom is 0.261 e. The van der Waals surface area contributed by atoms with Crippen LogP contribution in [0.2, 0.25) is 0 Å². The third kappa shape index (κ3) is 1.97. The number of ether oxygens (including phenoxy) is 2. The molecule has 0 N–H and O–H groups in total. The van der Waals surface area contributed by atoms with Gasteiger partial charge in [0.15, 0.2) is 21.2 Å². The summed E-state index contributed by atoms with van der Waals surface area (Å²) >= 11 is 0. The standard InChI is InChI=1S/C19H19N3O4S2/c1-17(10-20)9-19-16(24)21(3)18(2,27-28-19)15(23)22(19)14(17)11-4-5-12-13(8-11)26-7-6-25-12/h4-5,8,14H,6-7,9H2,1-3H3/t14?,17-,18?,19+/m1/s1. The van der Waals surface area contributed by atoms with Gasteiger partial charge >= 0.3 is 0 Å². The number of carbonyl (C=O) groups excluding carboxylic acids is 2. The van der Waals surface area contributed by atoms with Crippen molar-refractivity contribution in [2.75, 3.05) is 20.3 Å². The summed E-state index contributed by atoms with van der Waals surface area (Å²) in [6.07, 6.45) is 0.290. The number of nitrogens with zero attached hydrogens (tertiary/aromatic N) is 3. The second-order valence-electron chi connectivity index (χ2n) is 7.98. The third-order valence-corrected chi connectivity index (χ3v) is 9.93. The lowest BCUT2D eigenvalue weighted by atomic mass is 9.79. The Labute approximate surface area is 170 Å². The van der Waals surface area contributed by atoms with Crippen LogP contribution in [0.25, 0.3) is 0 Å². The molecule has 2 unspecified atom stereocenters. The van der Waals surface area contributed by atoms with Crippen molar-refractivity contribution in [2.45, 2.75) is 36.1 Å². The summed E-state index contributed by atoms with van der Waals surface area (Å²) < 4.78 is 11.3. The highest BCUT2D eigenvalue weighted by Gasteiger charge is 2.74. The monoisotopic (exact) mass is 417 g/mol. The van der Waals surface area contributed by atoms with E-state index in [1.54, 1.807) is 18.9 Å². The molecule has 5 aliphatic rings. The van der Waals surface area contributed by atoms with Gasteiger partial charge in [0.25, 0.3) is 11.8 Å². The Hall–Kier alpha value is -2.05. The predicted octanol–water partition coefficient (Wildman–Crippen LogP) is 2.54. The summed E-state index contributed by atoms with van der Waals surface area (Å²) in [5.74, 6) is 1.02. The molecule has 5 aliphatic heterocycles. The van der Waals surface area contributed by atoms with Gasteiger partial charge in [0.1, 0.15) is 13.2 Å². The lowest BCUT2D eigenvalue weighted by Crippen LogP contribution is -2.73. The minimum absolute atomic E-state index is 0.111. The quantitative estimate of drug-likeness (QED) is 0.650. The van der Waals surface area contributed by atoms with Gasteiger partial charge in [-0.05, 0) is 31.5 Å². The molecule has 9 heteroatoms. The van der Waals surface area contributed by atoms with Crippen molar-refractivity contribution in [3.63, 3.8) is 0 Å². The molecule has 2 amide bonds. The topological polar surface area (TPSA) is 82.9 Å². The molecule has 5 heterocycles. The molecular formula is C19H19N3O4S2. The Kier molecular flexibility index (Phi) is 3.55. The van der Waals surface area contributed by atoms with Crippen molar-refractivity contribution in [1.29, 1.82) is 5.26 Å². The average molecular weight is 418 g/mol. The van der Waals surface area contributed by atoms with Gasteiger partial charge in [0, 0.05) is 13.5 Å². The van der Waals surface area contributed by atoms with Crippen LogP contribution in [0.15, 0.2) is 18.2 Å². The summed E-state index contributed by atoms with van der Waals surface area (Å²) in [5, 5.41) is 10.1. The molecule has 4 atom stereocenters. The predicted molar refractivity (Wildman–Crippen MR) is 104 cm³/mol. The molecule has 1 aromatic carbocycles. The molecule has 146 valence electrons. The van der Waals surface area contributed by atoms with E-state index in [0.717, 1.165) is 5.56 Å². The molecule has 0 aliphatic carbocycles. The highest BCUT2D eigenvalue weighted by molar-refractivity contribution is 8.78. The van der Waals surface area contributed by atoms with Crippen molar-refractivity contribution in [3.05, 3.63) is 23.8 Å². The number of hydrogen-bond donors (Lipinski definition) is 0. The van der Waals surface area contributed by atoms with E-state index < -0.39 is 21.2 Å². The van der Waals surface area contributed by atoms with Gasteiger partial charge in [-0.2, -0.15) is 5.26 Å². The number of amides is 2. The first-order chi connectivity index (χ1) is 13.3. The molecule has 2 bridgehead atoms. The highest BCUT2D eigenvalue weighted by atomic mass is 33.1. The van der Waals surface area contributed by atoms with E-state index in [4.69, 9.17) is 9.47 Å². The first-order valence-electron chi connectivity index (χ1n) is 9.06. The smallest absolute Gasteiger partial charge is 0.261 e. The largest absolute Gasteiger partial charge is 0.486 e. The number of hydrogen-bond acceptors (Lipinski definition) is 7. The SMILES string of the molecule is CN1C(=O)[C@@]23C[C@](C)(C#N)C(c4ccc5c(c4)OCCO5)N2C(=O)C1(C)SS3. The number of nitriles is 1. The molecule has 1 spiro atoms. The fourth-order valence-corrected chi connectivity index (χ4v) is 8.23. The van der Waals surface area contributed by atoms with Gasteiger partial charge in [0.05, 0.1) is 17.5 Å². The summed E-state index contributed by atoms with van der Waals surface area (Å²) in [4.78, 5) is 28.0. The molecule has 1 aromatic rings. The Bertz CT molecular complexity index is 965. The average Bonchev–Trinajstić information content (AvgIpc) is 2.99. The number of carbonyl (C=O) groups is 2. The summed E-state index contributed by atoms with van der Waals surface area (Å²) in [5.41, 5.74) is -0.116. The number of benzene rings is 1. The van der Waals surface area contributed by atoms with Crippen molar-refractivity contribution < 1.29 is 19.1 Å². The zero-order valence-corrected chi connectivity index (χ0v) is 17.4. The zero-order valence-electron chi connectivity index (χ0n) is 15.7. The normalized spacial score (nSPS) is 38.4. The van der Waals surface area contributed by atoms with Crippen LogP contribution in [0, 0.1) is 16.7 Å². The van der Waals surface area contributed by atoms with Crippen molar-refractivity contribution in [1.82, 2.24) is 9.80 Å². The number of piperazine rings is 1. The molecule has 7 nitrogen and oxygen atoms in total. The van der Waals surface area contributed by atoms with Crippen LogP contribution in [0.3, 0.4) is 0 Å². The van der Waals surface area contributed by atoms with Crippen molar-refractivity contribution in [3.8, 4) is 17.6 Å². The second kappa shape index (κ2) is 5.51. The van der Waals surface area contributed by atoms with E-state index in [1.165, 1.54) is 26.5 Å². The van der Waals surface area contributed by atoms with Crippen LogP contribution >= 0.6 is 21.6 Å². The molecular weight excluding hydrogens is 398 g/mol. The summed E-state index contributed by atoms with van der Waals surface area (Å²) in [6, 6.07) is 7.41. The molecule has 0 saturated carbocycles. The van der Waals surface area contributed by atoms with Gasteiger partial charge in [0.2, 0.25) is 0 Å². The lowest BCUT2D eigenvalue weighted by Gasteiger charge is -2.57. The van der Waals surface area contributed by atoms with Gasteiger partial charge in [-0.1, -0.05) is 27.7 Å². The van der Waals surface area contributed by atoms with Crippen LogP contribution in [0.5, 0.6) is 11.5 Å². The molecule has 0 aromatic heterocycles. The Morgan fingerprint density at radius 1 is 1.14 bits per heavy atom. The first-order valence-corrected chi connectivity index (χ1v) is 11.2. The minimum Gasteiger partial charge on any atom is -0.486 e. The second-order valence-corrected chi connectivity index (χ2v) is 10.8. The van der Waals surface area contributed by atoms with E-state index in [0.29, 0.717) is 24.7 Å². The fourth-order valence-electron chi connectivity index (χ4n) is 4.65. The van der Waals surface area contributed by atoms with Gasteiger partial charge in [-0.15, -0.1) is 0 Å². The maximum absolute atomic E-state index is 13.5. The Morgan fingerprint density at radius 3 is 2.57 bits per heavy atom. The maximum atomic E-state index is 13.5. The lowest BCUT2D eigenvalue weighted by molar-refractivity contribution is -0.164. The zero-order chi connectivity index (χ0) is 19.9. The number of likely N-dealkylation sites (N-methyl/N-ethyl adjacent to an activating group) is 1. The molecule has 0 radical (unpaired) electrons. The van der Waals surface area contributed by atoms with E-state index >= 15 is 0 Å². The molecule has 6 rings (SSSR count). The van der Waals surface area contributed by atoms with Crippen LogP contribution in [-0.4, -0.2) is 51.6 Å². The Balaban J connectivity index is 1.69. The molecule has 4 saturated heterocycles. The minimum atomic E-state index is -1.06. The van der Waals surface area contributed by atoms with E-state index in [1.807, 2.05) is 25.1 Å². The summed E-state index contributed by atoms with van der Waals surface area (Å²) in [7, 11) is 4.50.